The number of carbonyl (C=O) groups excluding carboxylic acids is 1. The van der Waals surface area contributed by atoms with E-state index in [0.29, 0.717) is 25.4 Å². The van der Waals surface area contributed by atoms with Gasteiger partial charge in [-0.05, 0) is 39.8 Å². The zero-order valence-electron chi connectivity index (χ0n) is 15.1. The highest BCUT2D eigenvalue weighted by atomic mass is 16.6. The van der Waals surface area contributed by atoms with Crippen molar-refractivity contribution in [1.82, 2.24) is 4.90 Å². The highest BCUT2D eigenvalue weighted by molar-refractivity contribution is 5.93. The molecule has 1 amide bonds. The quantitative estimate of drug-likeness (QED) is 0.616. The van der Waals surface area contributed by atoms with E-state index in [1.54, 1.807) is 12.0 Å². The molecule has 0 aliphatic rings. The van der Waals surface area contributed by atoms with Gasteiger partial charge in [0, 0.05) is 13.1 Å². The molecule has 0 unspecified atom stereocenters. The van der Waals surface area contributed by atoms with Crippen molar-refractivity contribution in [2.75, 3.05) is 32.1 Å². The van der Waals surface area contributed by atoms with E-state index < -0.39 is 5.60 Å². The SMILES string of the molecule is CCN(CCN=C(N)Nc1ccccc1OC)C(=O)OC(C)(C)C. The molecule has 0 fully saturated rings. The minimum absolute atomic E-state index is 0.264. The second kappa shape index (κ2) is 9.00. The van der Waals surface area contributed by atoms with Gasteiger partial charge in [-0.2, -0.15) is 0 Å². The topological polar surface area (TPSA) is 89.2 Å². The number of nitrogens with one attached hydrogen (secondary N) is 1. The zero-order chi connectivity index (χ0) is 18.2. The van der Waals surface area contributed by atoms with Gasteiger partial charge >= 0.3 is 6.09 Å². The number of amides is 1. The number of para-hydroxylation sites is 2. The lowest BCUT2D eigenvalue weighted by atomic mass is 10.2. The second-order valence-electron chi connectivity index (χ2n) is 6.15. The van der Waals surface area contributed by atoms with Crippen LogP contribution < -0.4 is 15.8 Å². The van der Waals surface area contributed by atoms with E-state index in [1.807, 2.05) is 52.0 Å². The van der Waals surface area contributed by atoms with E-state index in [2.05, 4.69) is 10.3 Å². The molecule has 1 aromatic rings. The molecule has 0 bridgehead atoms. The van der Waals surface area contributed by atoms with E-state index in [-0.39, 0.29) is 12.1 Å². The molecule has 7 nitrogen and oxygen atoms in total. The highest BCUT2D eigenvalue weighted by Crippen LogP contribution is 2.22. The summed E-state index contributed by atoms with van der Waals surface area (Å²) in [4.78, 5) is 17.9. The first-order valence-corrected chi connectivity index (χ1v) is 7.94. The van der Waals surface area contributed by atoms with Gasteiger partial charge in [-0.25, -0.2) is 4.79 Å². The van der Waals surface area contributed by atoms with Crippen LogP contribution in [0.4, 0.5) is 10.5 Å². The van der Waals surface area contributed by atoms with Crippen LogP contribution in [0.5, 0.6) is 5.75 Å². The third-order valence-electron chi connectivity index (χ3n) is 3.06. The number of ether oxygens (including phenoxy) is 2. The van der Waals surface area contributed by atoms with Crippen molar-refractivity contribution in [3.63, 3.8) is 0 Å². The number of nitrogens with zero attached hydrogens (tertiary/aromatic N) is 2. The number of hydrogen-bond acceptors (Lipinski definition) is 4. The molecule has 1 aromatic carbocycles. The third-order valence-corrected chi connectivity index (χ3v) is 3.06. The van der Waals surface area contributed by atoms with Crippen LogP contribution in [-0.4, -0.2) is 49.3 Å². The van der Waals surface area contributed by atoms with Crippen LogP contribution in [0.25, 0.3) is 0 Å². The van der Waals surface area contributed by atoms with Crippen molar-refractivity contribution in [1.29, 1.82) is 0 Å². The maximum absolute atomic E-state index is 12.0. The molecule has 1 rings (SSSR count). The molecule has 0 saturated heterocycles. The molecule has 0 aliphatic carbocycles. The van der Waals surface area contributed by atoms with Crippen LogP contribution in [0.3, 0.4) is 0 Å². The van der Waals surface area contributed by atoms with Crippen LogP contribution in [-0.2, 0) is 4.74 Å². The van der Waals surface area contributed by atoms with Crippen molar-refractivity contribution < 1.29 is 14.3 Å². The van der Waals surface area contributed by atoms with E-state index in [9.17, 15) is 4.79 Å². The number of carbonyl (C=O) groups is 1. The number of benzene rings is 1. The Labute approximate surface area is 143 Å². The Morgan fingerprint density at radius 2 is 2.00 bits per heavy atom. The predicted octanol–water partition coefficient (Wildman–Crippen LogP) is 2.68. The molecule has 0 spiro atoms. The maximum Gasteiger partial charge on any atom is 0.410 e. The van der Waals surface area contributed by atoms with Crippen molar-refractivity contribution in [3.05, 3.63) is 24.3 Å². The number of likely N-dealkylation sites (N-methyl/N-ethyl adjacent to an activating group) is 1. The summed E-state index contributed by atoms with van der Waals surface area (Å²) in [7, 11) is 1.59. The summed E-state index contributed by atoms with van der Waals surface area (Å²) in [5.41, 5.74) is 6.10. The lowest BCUT2D eigenvalue weighted by Gasteiger charge is -2.26. The number of nitrogens with two attached hydrogens (primary N) is 1. The normalized spacial score (nSPS) is 11.8. The summed E-state index contributed by atoms with van der Waals surface area (Å²) < 4.78 is 10.6. The molecule has 0 aliphatic heterocycles. The number of aliphatic imine (C=N–C) groups is 1. The third kappa shape index (κ3) is 6.76. The first-order chi connectivity index (χ1) is 11.3. The Morgan fingerprint density at radius 1 is 1.33 bits per heavy atom. The fraction of sp³-hybridized carbons (Fsp3) is 0.529. The van der Waals surface area contributed by atoms with Gasteiger partial charge in [0.2, 0.25) is 0 Å². The van der Waals surface area contributed by atoms with E-state index in [4.69, 9.17) is 15.2 Å². The van der Waals surface area contributed by atoms with Gasteiger partial charge in [-0.15, -0.1) is 0 Å². The summed E-state index contributed by atoms with van der Waals surface area (Å²) >= 11 is 0. The fourth-order valence-corrected chi connectivity index (χ4v) is 1.92. The van der Waals surface area contributed by atoms with Gasteiger partial charge in [0.1, 0.15) is 11.4 Å². The minimum Gasteiger partial charge on any atom is -0.495 e. The van der Waals surface area contributed by atoms with Crippen molar-refractivity contribution >= 4 is 17.7 Å². The van der Waals surface area contributed by atoms with Gasteiger partial charge in [-0.1, -0.05) is 12.1 Å². The molecule has 0 radical (unpaired) electrons. The Bertz CT molecular complexity index is 567. The molecule has 24 heavy (non-hydrogen) atoms. The zero-order valence-corrected chi connectivity index (χ0v) is 15.1. The number of anilines is 1. The largest absolute Gasteiger partial charge is 0.495 e. The number of guanidine groups is 1. The number of hydrogen-bond donors (Lipinski definition) is 2. The molecule has 7 heteroatoms. The monoisotopic (exact) mass is 336 g/mol. The van der Waals surface area contributed by atoms with Gasteiger partial charge < -0.3 is 25.4 Å². The first-order valence-electron chi connectivity index (χ1n) is 7.94. The molecule has 0 aromatic heterocycles. The lowest BCUT2D eigenvalue weighted by molar-refractivity contribution is 0.0266. The second-order valence-corrected chi connectivity index (χ2v) is 6.15. The van der Waals surface area contributed by atoms with Crippen molar-refractivity contribution in [2.45, 2.75) is 33.3 Å². The molecule has 0 saturated carbocycles. The Hall–Kier alpha value is -2.44. The highest BCUT2D eigenvalue weighted by Gasteiger charge is 2.20. The standard InChI is InChI=1S/C17H28N4O3/c1-6-21(16(22)24-17(2,3)4)12-11-19-15(18)20-13-9-7-8-10-14(13)23-5/h7-10H,6,11-12H2,1-5H3,(H3,18,19,20). The van der Waals surface area contributed by atoms with E-state index >= 15 is 0 Å². The number of rotatable bonds is 6. The summed E-state index contributed by atoms with van der Waals surface area (Å²) in [5.74, 6) is 0.944. The Balaban J connectivity index is 2.56. The minimum atomic E-state index is -0.516. The van der Waals surface area contributed by atoms with Gasteiger partial charge in [0.25, 0.3) is 0 Å². The summed E-state index contributed by atoms with van der Waals surface area (Å²) in [6, 6.07) is 7.42. The summed E-state index contributed by atoms with van der Waals surface area (Å²) in [6.07, 6.45) is -0.351. The van der Waals surface area contributed by atoms with Crippen LogP contribution in [0.15, 0.2) is 29.3 Å². The van der Waals surface area contributed by atoms with Gasteiger partial charge in [0.05, 0.1) is 19.3 Å². The van der Waals surface area contributed by atoms with E-state index in [0.717, 1.165) is 5.69 Å². The molecule has 3 N–H and O–H groups in total. The van der Waals surface area contributed by atoms with Gasteiger partial charge in [0.15, 0.2) is 5.96 Å². The summed E-state index contributed by atoms with van der Waals surface area (Å²) in [6.45, 7) is 8.76. The lowest BCUT2D eigenvalue weighted by Crippen LogP contribution is -2.38. The molecule has 0 atom stereocenters. The predicted molar refractivity (Wildman–Crippen MR) is 96.6 cm³/mol. The number of methoxy groups -OCH3 is 1. The molecular formula is C17H28N4O3. The average Bonchev–Trinajstić information content (AvgIpc) is 2.50. The molecule has 134 valence electrons. The average molecular weight is 336 g/mol. The Morgan fingerprint density at radius 3 is 2.58 bits per heavy atom. The maximum atomic E-state index is 12.0. The smallest absolute Gasteiger partial charge is 0.410 e. The Kier molecular flexibility index (Phi) is 7.35. The fourth-order valence-electron chi connectivity index (χ4n) is 1.92. The van der Waals surface area contributed by atoms with Crippen LogP contribution >= 0.6 is 0 Å². The van der Waals surface area contributed by atoms with E-state index in [1.165, 1.54) is 0 Å². The molecule has 0 heterocycles. The van der Waals surface area contributed by atoms with Gasteiger partial charge in [-0.3, -0.25) is 4.99 Å². The summed E-state index contributed by atoms with van der Waals surface area (Å²) in [5, 5.41) is 2.99. The van der Waals surface area contributed by atoms with Crippen molar-refractivity contribution in [3.8, 4) is 5.75 Å². The molecular weight excluding hydrogens is 308 g/mol. The first kappa shape index (κ1) is 19.6. The van der Waals surface area contributed by atoms with Crippen LogP contribution in [0.2, 0.25) is 0 Å². The van der Waals surface area contributed by atoms with Crippen LogP contribution in [0, 0.1) is 0 Å². The van der Waals surface area contributed by atoms with Crippen LogP contribution in [0.1, 0.15) is 27.7 Å². The van der Waals surface area contributed by atoms with Crippen molar-refractivity contribution in [2.24, 2.45) is 10.7 Å².